The lowest BCUT2D eigenvalue weighted by Crippen LogP contribution is -2.33. The Kier molecular flexibility index (Phi) is 5.37. The SMILES string of the molecule is CC(C)CC(CNC(=O)c1ccc(O)c(O)c1)C(=O)O. The Morgan fingerprint density at radius 3 is 2.35 bits per heavy atom. The van der Waals surface area contributed by atoms with Crippen LogP contribution in [0.2, 0.25) is 0 Å². The molecule has 1 amide bonds. The van der Waals surface area contributed by atoms with Gasteiger partial charge < -0.3 is 20.6 Å². The van der Waals surface area contributed by atoms with Crippen molar-refractivity contribution in [2.75, 3.05) is 6.54 Å². The Labute approximate surface area is 117 Å². The topological polar surface area (TPSA) is 107 Å². The van der Waals surface area contributed by atoms with Crippen molar-refractivity contribution >= 4 is 11.9 Å². The molecule has 6 heteroatoms. The molecule has 0 aliphatic heterocycles. The first-order valence-corrected chi connectivity index (χ1v) is 6.34. The molecule has 0 aromatic heterocycles. The highest BCUT2D eigenvalue weighted by Gasteiger charge is 2.20. The number of amides is 1. The van der Waals surface area contributed by atoms with Crippen LogP contribution in [0.5, 0.6) is 11.5 Å². The predicted molar refractivity (Wildman–Crippen MR) is 72.7 cm³/mol. The lowest BCUT2D eigenvalue weighted by Gasteiger charge is -2.15. The molecule has 0 radical (unpaired) electrons. The maximum absolute atomic E-state index is 11.8. The molecule has 0 aliphatic carbocycles. The van der Waals surface area contributed by atoms with E-state index in [4.69, 9.17) is 10.2 Å². The first-order valence-electron chi connectivity index (χ1n) is 6.34. The molecular formula is C14H19NO5. The lowest BCUT2D eigenvalue weighted by atomic mass is 9.97. The van der Waals surface area contributed by atoms with E-state index < -0.39 is 23.5 Å². The zero-order chi connectivity index (χ0) is 15.3. The number of phenolic OH excluding ortho intramolecular Hbond substituents is 2. The van der Waals surface area contributed by atoms with Crippen LogP contribution in [-0.4, -0.2) is 33.7 Å². The van der Waals surface area contributed by atoms with Gasteiger partial charge in [0.1, 0.15) is 0 Å². The molecule has 0 aliphatic rings. The number of carbonyl (C=O) groups is 2. The van der Waals surface area contributed by atoms with Gasteiger partial charge in [0, 0.05) is 12.1 Å². The normalized spacial score (nSPS) is 12.2. The van der Waals surface area contributed by atoms with Gasteiger partial charge in [0.15, 0.2) is 11.5 Å². The van der Waals surface area contributed by atoms with Crippen molar-refractivity contribution in [2.24, 2.45) is 11.8 Å². The Balaban J connectivity index is 2.65. The number of carbonyl (C=O) groups excluding carboxylic acids is 1. The van der Waals surface area contributed by atoms with Crippen LogP contribution in [0.15, 0.2) is 18.2 Å². The minimum absolute atomic E-state index is 0.0218. The van der Waals surface area contributed by atoms with E-state index in [-0.39, 0.29) is 23.8 Å². The number of hydrogen-bond acceptors (Lipinski definition) is 4. The average molecular weight is 281 g/mol. The molecule has 110 valence electrons. The van der Waals surface area contributed by atoms with E-state index in [1.807, 2.05) is 13.8 Å². The number of carboxylic acid groups (broad SMARTS) is 1. The summed E-state index contributed by atoms with van der Waals surface area (Å²) in [5.41, 5.74) is 0.161. The van der Waals surface area contributed by atoms with Crippen molar-refractivity contribution in [1.29, 1.82) is 0 Å². The van der Waals surface area contributed by atoms with Crippen LogP contribution in [0.25, 0.3) is 0 Å². The lowest BCUT2D eigenvalue weighted by molar-refractivity contribution is -0.142. The highest BCUT2D eigenvalue weighted by atomic mass is 16.4. The van der Waals surface area contributed by atoms with E-state index in [0.717, 1.165) is 6.07 Å². The van der Waals surface area contributed by atoms with E-state index in [9.17, 15) is 14.7 Å². The summed E-state index contributed by atoms with van der Waals surface area (Å²) in [5, 5.41) is 30.0. The summed E-state index contributed by atoms with van der Waals surface area (Å²) >= 11 is 0. The molecule has 0 bridgehead atoms. The number of aromatic hydroxyl groups is 2. The molecule has 20 heavy (non-hydrogen) atoms. The number of carboxylic acids is 1. The Bertz CT molecular complexity index is 498. The van der Waals surface area contributed by atoms with Gasteiger partial charge >= 0.3 is 5.97 Å². The van der Waals surface area contributed by atoms with E-state index in [1.54, 1.807) is 0 Å². The zero-order valence-electron chi connectivity index (χ0n) is 11.5. The van der Waals surface area contributed by atoms with E-state index in [2.05, 4.69) is 5.32 Å². The molecule has 4 N–H and O–H groups in total. The first kappa shape index (κ1) is 15.8. The molecule has 0 heterocycles. The maximum Gasteiger partial charge on any atom is 0.308 e. The summed E-state index contributed by atoms with van der Waals surface area (Å²) in [7, 11) is 0. The van der Waals surface area contributed by atoms with Gasteiger partial charge in [-0.3, -0.25) is 9.59 Å². The second-order valence-electron chi connectivity index (χ2n) is 5.08. The summed E-state index contributed by atoms with van der Waals surface area (Å²) in [4.78, 5) is 22.9. The second-order valence-corrected chi connectivity index (χ2v) is 5.08. The standard InChI is InChI=1S/C14H19NO5/c1-8(2)5-10(14(19)20)7-15-13(18)9-3-4-11(16)12(17)6-9/h3-4,6,8,10,16-17H,5,7H2,1-2H3,(H,15,18)(H,19,20). The number of aliphatic carboxylic acids is 1. The van der Waals surface area contributed by atoms with Crippen molar-refractivity contribution < 1.29 is 24.9 Å². The first-order chi connectivity index (χ1) is 9.31. The van der Waals surface area contributed by atoms with Gasteiger partial charge in [-0.25, -0.2) is 0 Å². The van der Waals surface area contributed by atoms with E-state index in [0.29, 0.717) is 6.42 Å². The van der Waals surface area contributed by atoms with Crippen LogP contribution in [0, 0.1) is 11.8 Å². The average Bonchev–Trinajstić information content (AvgIpc) is 2.36. The fourth-order valence-corrected chi connectivity index (χ4v) is 1.82. The largest absolute Gasteiger partial charge is 0.504 e. The van der Waals surface area contributed by atoms with E-state index >= 15 is 0 Å². The smallest absolute Gasteiger partial charge is 0.308 e. The second kappa shape index (κ2) is 6.79. The molecule has 6 nitrogen and oxygen atoms in total. The molecule has 0 saturated carbocycles. The number of nitrogens with one attached hydrogen (secondary N) is 1. The number of phenols is 2. The van der Waals surface area contributed by atoms with Gasteiger partial charge in [-0.15, -0.1) is 0 Å². The summed E-state index contributed by atoms with van der Waals surface area (Å²) in [6, 6.07) is 3.68. The molecular weight excluding hydrogens is 262 g/mol. The van der Waals surface area contributed by atoms with Crippen molar-refractivity contribution in [1.82, 2.24) is 5.32 Å². The third-order valence-electron chi connectivity index (χ3n) is 2.85. The Hall–Kier alpha value is -2.24. The van der Waals surface area contributed by atoms with Gasteiger partial charge in [0.25, 0.3) is 5.91 Å². The highest BCUT2D eigenvalue weighted by Crippen LogP contribution is 2.24. The molecule has 1 rings (SSSR count). The Morgan fingerprint density at radius 2 is 1.85 bits per heavy atom. The van der Waals surface area contributed by atoms with Crippen LogP contribution in [0.4, 0.5) is 0 Å². The van der Waals surface area contributed by atoms with Crippen molar-refractivity contribution in [2.45, 2.75) is 20.3 Å². The number of rotatable bonds is 6. The van der Waals surface area contributed by atoms with Crippen LogP contribution < -0.4 is 5.32 Å². The van der Waals surface area contributed by atoms with Gasteiger partial charge in [-0.1, -0.05) is 13.8 Å². The van der Waals surface area contributed by atoms with Gasteiger partial charge in [0.05, 0.1) is 5.92 Å². The predicted octanol–water partition coefficient (Wildman–Crippen LogP) is 1.57. The summed E-state index contributed by atoms with van der Waals surface area (Å²) in [6.07, 6.45) is 0.469. The monoisotopic (exact) mass is 281 g/mol. The molecule has 1 aromatic carbocycles. The van der Waals surface area contributed by atoms with Crippen LogP contribution in [0.3, 0.4) is 0 Å². The van der Waals surface area contributed by atoms with Crippen LogP contribution in [-0.2, 0) is 4.79 Å². The maximum atomic E-state index is 11.8. The molecule has 1 atom stereocenters. The van der Waals surface area contributed by atoms with Crippen molar-refractivity contribution in [3.63, 3.8) is 0 Å². The van der Waals surface area contributed by atoms with Gasteiger partial charge in [-0.2, -0.15) is 0 Å². The fourth-order valence-electron chi connectivity index (χ4n) is 1.82. The van der Waals surface area contributed by atoms with Crippen LogP contribution in [0.1, 0.15) is 30.6 Å². The van der Waals surface area contributed by atoms with Crippen molar-refractivity contribution in [3.8, 4) is 11.5 Å². The van der Waals surface area contributed by atoms with Gasteiger partial charge in [0.2, 0.25) is 0 Å². The Morgan fingerprint density at radius 1 is 1.20 bits per heavy atom. The molecule has 1 unspecified atom stereocenters. The summed E-state index contributed by atoms with van der Waals surface area (Å²) in [5.74, 6) is -2.59. The zero-order valence-corrected chi connectivity index (χ0v) is 11.5. The van der Waals surface area contributed by atoms with Crippen LogP contribution >= 0.6 is 0 Å². The third-order valence-corrected chi connectivity index (χ3v) is 2.85. The fraction of sp³-hybridized carbons (Fsp3) is 0.429. The minimum Gasteiger partial charge on any atom is -0.504 e. The molecule has 0 fully saturated rings. The number of hydrogen-bond donors (Lipinski definition) is 4. The minimum atomic E-state index is -0.951. The molecule has 1 aromatic rings. The summed E-state index contributed by atoms with van der Waals surface area (Å²) in [6.45, 7) is 3.85. The highest BCUT2D eigenvalue weighted by molar-refractivity contribution is 5.95. The van der Waals surface area contributed by atoms with E-state index in [1.165, 1.54) is 12.1 Å². The third kappa shape index (κ3) is 4.46. The van der Waals surface area contributed by atoms with Crippen molar-refractivity contribution in [3.05, 3.63) is 23.8 Å². The summed E-state index contributed by atoms with van der Waals surface area (Å²) < 4.78 is 0. The quantitative estimate of drug-likeness (QED) is 0.592. The molecule has 0 spiro atoms. The molecule has 0 saturated heterocycles. The van der Waals surface area contributed by atoms with Gasteiger partial charge in [-0.05, 0) is 30.5 Å². The number of benzene rings is 1.